The molecule has 0 bridgehead atoms. The number of fused-ring (bicyclic) bond motifs is 3. The zero-order valence-corrected chi connectivity index (χ0v) is 19.1. The van der Waals surface area contributed by atoms with Gasteiger partial charge in [0.2, 0.25) is 12.0 Å². The minimum absolute atomic E-state index is 0.100. The Kier molecular flexibility index (Phi) is 5.50. The predicted octanol–water partition coefficient (Wildman–Crippen LogP) is 5.75. The SMILES string of the molecule is COc1cc([C@H]2Oc3ccc(Cl)cc3[C@H]3CC(c4ccc(F)cc4)=NN32)cc(OC)c1OC. The average Bonchev–Trinajstić information content (AvgIpc) is 3.29. The van der Waals surface area contributed by atoms with Gasteiger partial charge in [-0.05, 0) is 48.0 Å². The Labute approximate surface area is 196 Å². The maximum Gasteiger partial charge on any atom is 0.214 e. The molecule has 0 saturated heterocycles. The minimum Gasteiger partial charge on any atom is -0.493 e. The molecular weight excluding hydrogens is 447 g/mol. The fraction of sp³-hybridized carbons (Fsp3) is 0.240. The summed E-state index contributed by atoms with van der Waals surface area (Å²) in [6.45, 7) is 0. The topological polar surface area (TPSA) is 52.5 Å². The van der Waals surface area contributed by atoms with Gasteiger partial charge in [0, 0.05) is 22.6 Å². The zero-order chi connectivity index (χ0) is 23.1. The largest absolute Gasteiger partial charge is 0.493 e. The zero-order valence-electron chi connectivity index (χ0n) is 18.3. The molecule has 0 amide bonds. The van der Waals surface area contributed by atoms with Crippen molar-refractivity contribution in [3.8, 4) is 23.0 Å². The molecule has 33 heavy (non-hydrogen) atoms. The first kappa shape index (κ1) is 21.4. The Bertz CT molecular complexity index is 1210. The number of hydrazone groups is 1. The summed E-state index contributed by atoms with van der Waals surface area (Å²) < 4.78 is 36.4. The molecule has 0 aromatic heterocycles. The van der Waals surface area contributed by atoms with Crippen LogP contribution in [0, 0.1) is 5.82 Å². The van der Waals surface area contributed by atoms with Crippen molar-refractivity contribution in [1.82, 2.24) is 5.01 Å². The molecule has 2 atom stereocenters. The summed E-state index contributed by atoms with van der Waals surface area (Å²) in [5, 5.41) is 7.44. The molecule has 5 rings (SSSR count). The van der Waals surface area contributed by atoms with Crippen molar-refractivity contribution in [1.29, 1.82) is 0 Å². The van der Waals surface area contributed by atoms with E-state index in [1.807, 2.05) is 29.3 Å². The van der Waals surface area contributed by atoms with Crippen LogP contribution in [0.4, 0.5) is 4.39 Å². The van der Waals surface area contributed by atoms with E-state index in [1.165, 1.54) is 12.1 Å². The van der Waals surface area contributed by atoms with Crippen LogP contribution >= 0.6 is 11.6 Å². The van der Waals surface area contributed by atoms with Crippen LogP contribution in [-0.2, 0) is 0 Å². The Morgan fingerprint density at radius 2 is 1.67 bits per heavy atom. The highest BCUT2D eigenvalue weighted by Gasteiger charge is 2.41. The minimum atomic E-state index is -0.546. The highest BCUT2D eigenvalue weighted by Crippen LogP contribution is 2.50. The van der Waals surface area contributed by atoms with Gasteiger partial charge in [-0.3, -0.25) is 0 Å². The quantitative estimate of drug-likeness (QED) is 0.477. The van der Waals surface area contributed by atoms with Crippen LogP contribution in [0.1, 0.15) is 35.4 Å². The van der Waals surface area contributed by atoms with E-state index in [2.05, 4.69) is 0 Å². The first-order valence-corrected chi connectivity index (χ1v) is 10.8. The number of nitrogens with zero attached hydrogens (tertiary/aromatic N) is 2. The summed E-state index contributed by atoms with van der Waals surface area (Å²) in [5.74, 6) is 1.99. The number of hydrogen-bond acceptors (Lipinski definition) is 6. The van der Waals surface area contributed by atoms with E-state index in [0.29, 0.717) is 28.7 Å². The van der Waals surface area contributed by atoms with Crippen molar-refractivity contribution in [2.24, 2.45) is 5.10 Å². The van der Waals surface area contributed by atoms with Crippen molar-refractivity contribution >= 4 is 17.3 Å². The van der Waals surface area contributed by atoms with Gasteiger partial charge >= 0.3 is 0 Å². The summed E-state index contributed by atoms with van der Waals surface area (Å²) in [5.41, 5.74) is 3.44. The third-order valence-electron chi connectivity index (χ3n) is 5.90. The van der Waals surface area contributed by atoms with Crippen LogP contribution < -0.4 is 18.9 Å². The van der Waals surface area contributed by atoms with E-state index >= 15 is 0 Å². The molecule has 0 saturated carbocycles. The monoisotopic (exact) mass is 468 g/mol. The molecule has 3 aromatic carbocycles. The van der Waals surface area contributed by atoms with Crippen LogP contribution in [0.15, 0.2) is 59.7 Å². The van der Waals surface area contributed by atoms with Gasteiger partial charge in [-0.2, -0.15) is 5.10 Å². The molecule has 0 aliphatic carbocycles. The lowest BCUT2D eigenvalue weighted by atomic mass is 9.96. The van der Waals surface area contributed by atoms with Gasteiger partial charge in [0.1, 0.15) is 11.6 Å². The second-order valence-electron chi connectivity index (χ2n) is 7.76. The summed E-state index contributed by atoms with van der Waals surface area (Å²) >= 11 is 6.30. The molecule has 6 nitrogen and oxygen atoms in total. The van der Waals surface area contributed by atoms with E-state index < -0.39 is 6.23 Å². The molecule has 0 N–H and O–H groups in total. The Balaban J connectivity index is 1.63. The third-order valence-corrected chi connectivity index (χ3v) is 6.14. The lowest BCUT2D eigenvalue weighted by Crippen LogP contribution is -2.33. The van der Waals surface area contributed by atoms with Gasteiger partial charge < -0.3 is 18.9 Å². The molecular formula is C25H22ClFN2O4. The van der Waals surface area contributed by atoms with Crippen LogP contribution in [0.25, 0.3) is 0 Å². The van der Waals surface area contributed by atoms with E-state index in [4.69, 9.17) is 35.6 Å². The van der Waals surface area contributed by atoms with Gasteiger partial charge in [0.05, 0.1) is 33.1 Å². The second-order valence-corrected chi connectivity index (χ2v) is 8.20. The van der Waals surface area contributed by atoms with E-state index in [-0.39, 0.29) is 11.9 Å². The Morgan fingerprint density at radius 1 is 0.970 bits per heavy atom. The Morgan fingerprint density at radius 3 is 2.30 bits per heavy atom. The molecule has 8 heteroatoms. The lowest BCUT2D eigenvalue weighted by Gasteiger charge is -2.38. The molecule has 0 unspecified atom stereocenters. The van der Waals surface area contributed by atoms with Crippen LogP contribution in [-0.4, -0.2) is 32.0 Å². The lowest BCUT2D eigenvalue weighted by molar-refractivity contribution is -0.0192. The molecule has 2 aliphatic rings. The van der Waals surface area contributed by atoms with Crippen LogP contribution in [0.5, 0.6) is 23.0 Å². The summed E-state index contributed by atoms with van der Waals surface area (Å²) in [6, 6.07) is 15.5. The van der Waals surface area contributed by atoms with E-state index in [1.54, 1.807) is 39.5 Å². The van der Waals surface area contributed by atoms with Crippen molar-refractivity contribution in [2.45, 2.75) is 18.7 Å². The van der Waals surface area contributed by atoms with E-state index in [9.17, 15) is 4.39 Å². The highest BCUT2D eigenvalue weighted by atomic mass is 35.5. The molecule has 170 valence electrons. The first-order chi connectivity index (χ1) is 16.0. The average molecular weight is 469 g/mol. The van der Waals surface area contributed by atoms with Crippen molar-refractivity contribution in [3.63, 3.8) is 0 Å². The van der Waals surface area contributed by atoms with Crippen molar-refractivity contribution in [3.05, 3.63) is 82.1 Å². The molecule has 2 heterocycles. The van der Waals surface area contributed by atoms with E-state index in [0.717, 1.165) is 28.2 Å². The number of ether oxygens (including phenoxy) is 4. The molecule has 0 spiro atoms. The molecule has 0 radical (unpaired) electrons. The Hall–Kier alpha value is -3.45. The number of halogens is 2. The predicted molar refractivity (Wildman–Crippen MR) is 123 cm³/mol. The molecule has 3 aromatic rings. The van der Waals surface area contributed by atoms with Gasteiger partial charge in [-0.25, -0.2) is 9.40 Å². The van der Waals surface area contributed by atoms with Crippen molar-refractivity contribution < 1.29 is 23.3 Å². The van der Waals surface area contributed by atoms with Crippen LogP contribution in [0.2, 0.25) is 5.02 Å². The number of hydrogen-bond donors (Lipinski definition) is 0. The highest BCUT2D eigenvalue weighted by molar-refractivity contribution is 6.30. The summed E-state index contributed by atoms with van der Waals surface area (Å²) in [6.07, 6.45) is 0.0822. The fourth-order valence-corrected chi connectivity index (χ4v) is 4.52. The van der Waals surface area contributed by atoms with Gasteiger partial charge in [0.25, 0.3) is 0 Å². The standard InChI is InChI=1S/C25H22ClFN2O4/c1-30-22-10-15(11-23(31-2)24(22)32-3)25-29-20(18-12-16(26)6-9-21(18)33-25)13-19(28-29)14-4-7-17(27)8-5-14/h4-12,20,25H,13H2,1-3H3/t20-,25-/m1/s1. The second kappa shape index (κ2) is 8.48. The maximum atomic E-state index is 13.5. The van der Waals surface area contributed by atoms with Crippen LogP contribution in [0.3, 0.4) is 0 Å². The smallest absolute Gasteiger partial charge is 0.214 e. The number of rotatable bonds is 5. The van der Waals surface area contributed by atoms with Gasteiger partial charge in [-0.1, -0.05) is 23.7 Å². The molecule has 0 fully saturated rings. The number of benzene rings is 3. The summed E-state index contributed by atoms with van der Waals surface area (Å²) in [4.78, 5) is 0. The first-order valence-electron chi connectivity index (χ1n) is 10.4. The maximum absolute atomic E-state index is 13.5. The third kappa shape index (κ3) is 3.72. The van der Waals surface area contributed by atoms with Gasteiger partial charge in [-0.15, -0.1) is 0 Å². The molecule has 2 aliphatic heterocycles. The fourth-order valence-electron chi connectivity index (χ4n) is 4.34. The van der Waals surface area contributed by atoms with Gasteiger partial charge in [0.15, 0.2) is 11.5 Å². The normalized spacial score (nSPS) is 18.7. The summed E-state index contributed by atoms with van der Waals surface area (Å²) in [7, 11) is 4.71. The number of methoxy groups -OCH3 is 3. The van der Waals surface area contributed by atoms with Crippen molar-refractivity contribution in [2.75, 3.05) is 21.3 Å².